The van der Waals surface area contributed by atoms with Crippen LogP contribution < -0.4 is 21.3 Å². The summed E-state index contributed by atoms with van der Waals surface area (Å²) in [5.41, 5.74) is 2.15. The van der Waals surface area contributed by atoms with Crippen molar-refractivity contribution in [2.45, 2.75) is 97.1 Å². The molecule has 1 aliphatic rings. The van der Waals surface area contributed by atoms with E-state index in [1.54, 1.807) is 33.2 Å². The first-order valence-corrected chi connectivity index (χ1v) is 17.4. The van der Waals surface area contributed by atoms with Gasteiger partial charge in [0.25, 0.3) is 0 Å². The molecule has 12 nitrogen and oxygen atoms in total. The Morgan fingerprint density at radius 3 is 2.31 bits per heavy atom. The Labute approximate surface area is 288 Å². The molecule has 1 heterocycles. The Balaban J connectivity index is 2.09. The van der Waals surface area contributed by atoms with Crippen LogP contribution >= 0.6 is 0 Å². The zero-order valence-corrected chi connectivity index (χ0v) is 30.9. The summed E-state index contributed by atoms with van der Waals surface area (Å²) < 4.78 is 11.8. The molecule has 12 heteroatoms. The Morgan fingerprint density at radius 2 is 1.73 bits per heavy atom. The number of benzene rings is 1. The summed E-state index contributed by atoms with van der Waals surface area (Å²) in [6, 6.07) is 7.02. The summed E-state index contributed by atoms with van der Waals surface area (Å²) in [5, 5.41) is 11.9. The fourth-order valence-corrected chi connectivity index (χ4v) is 6.86. The highest BCUT2D eigenvalue weighted by Gasteiger charge is 2.42. The van der Waals surface area contributed by atoms with Crippen molar-refractivity contribution in [2.24, 2.45) is 17.8 Å². The van der Waals surface area contributed by atoms with E-state index in [9.17, 15) is 19.2 Å². The van der Waals surface area contributed by atoms with Crippen LogP contribution in [0.4, 0.5) is 5.69 Å². The fraction of sp³-hybridized carbons (Fsp3) is 0.722. The second-order valence-corrected chi connectivity index (χ2v) is 13.4. The topological polar surface area (TPSA) is 141 Å². The van der Waals surface area contributed by atoms with Crippen LogP contribution in [0, 0.1) is 17.8 Å². The summed E-state index contributed by atoms with van der Waals surface area (Å²) in [5.74, 6) is -1.08. The first-order valence-electron chi connectivity index (χ1n) is 17.4. The van der Waals surface area contributed by atoms with E-state index >= 15 is 0 Å². The van der Waals surface area contributed by atoms with E-state index in [0.29, 0.717) is 19.5 Å². The molecule has 0 saturated carbocycles. The van der Waals surface area contributed by atoms with Crippen molar-refractivity contribution >= 4 is 29.3 Å². The molecular formula is C36H62N6O6. The first-order chi connectivity index (χ1) is 22.8. The second-order valence-electron chi connectivity index (χ2n) is 13.4. The van der Waals surface area contributed by atoms with E-state index in [0.717, 1.165) is 30.5 Å². The van der Waals surface area contributed by atoms with Gasteiger partial charge >= 0.3 is 0 Å². The van der Waals surface area contributed by atoms with Gasteiger partial charge in [-0.3, -0.25) is 19.2 Å². The summed E-state index contributed by atoms with van der Waals surface area (Å²) >= 11 is 0. The molecule has 1 fully saturated rings. The van der Waals surface area contributed by atoms with Gasteiger partial charge in [0.05, 0.1) is 49.2 Å². The lowest BCUT2D eigenvalue weighted by atomic mass is 9.90. The molecule has 7 atom stereocenters. The van der Waals surface area contributed by atoms with Crippen LogP contribution in [0.3, 0.4) is 0 Å². The van der Waals surface area contributed by atoms with Gasteiger partial charge in [-0.2, -0.15) is 0 Å². The molecule has 0 spiro atoms. The number of likely N-dealkylation sites (tertiary alicyclic amines) is 1. The van der Waals surface area contributed by atoms with Crippen LogP contribution in [0.2, 0.25) is 0 Å². The highest BCUT2D eigenvalue weighted by Crippen LogP contribution is 2.29. The third kappa shape index (κ3) is 11.2. The van der Waals surface area contributed by atoms with Crippen molar-refractivity contribution in [2.75, 3.05) is 60.3 Å². The van der Waals surface area contributed by atoms with E-state index in [4.69, 9.17) is 9.47 Å². The largest absolute Gasteiger partial charge is 0.388 e. The Hall–Kier alpha value is -3.22. The van der Waals surface area contributed by atoms with Crippen molar-refractivity contribution in [1.29, 1.82) is 0 Å². The minimum Gasteiger partial charge on any atom is -0.388 e. The maximum absolute atomic E-state index is 13.9. The van der Waals surface area contributed by atoms with Crippen molar-refractivity contribution in [3.8, 4) is 0 Å². The molecule has 4 N–H and O–H groups in total. The number of ether oxygens (including phenoxy) is 2. The van der Waals surface area contributed by atoms with Gasteiger partial charge in [-0.1, -0.05) is 53.2 Å². The maximum atomic E-state index is 13.9. The minimum absolute atomic E-state index is 0.0265. The van der Waals surface area contributed by atoms with Crippen molar-refractivity contribution in [3.05, 3.63) is 29.8 Å². The highest BCUT2D eigenvalue weighted by molar-refractivity contribution is 5.87. The summed E-state index contributed by atoms with van der Waals surface area (Å²) in [4.78, 5) is 56.6. The predicted octanol–water partition coefficient (Wildman–Crippen LogP) is 2.67. The average Bonchev–Trinajstić information content (AvgIpc) is 3.56. The van der Waals surface area contributed by atoms with E-state index in [-0.39, 0.29) is 54.5 Å². The number of hydrogen-bond donors (Lipinski definition) is 4. The number of anilines is 1. The molecule has 48 heavy (non-hydrogen) atoms. The Morgan fingerprint density at radius 1 is 1.02 bits per heavy atom. The van der Waals surface area contributed by atoms with Crippen molar-refractivity contribution in [1.82, 2.24) is 25.8 Å². The zero-order valence-electron chi connectivity index (χ0n) is 30.9. The molecule has 1 saturated heterocycles. The maximum Gasteiger partial charge on any atom is 0.242 e. The molecule has 1 aromatic carbocycles. The Kier molecular flexibility index (Phi) is 17.3. The zero-order chi connectivity index (χ0) is 36.0. The molecule has 1 aliphatic heterocycles. The minimum atomic E-state index is -0.567. The van der Waals surface area contributed by atoms with Crippen molar-refractivity contribution in [3.63, 3.8) is 0 Å². The average molecular weight is 675 g/mol. The standard InChI is InChI=1S/C36H62N6O6/c1-11-24(4)33(41(8)31(44)22-40-36(46)32(38-7)23(2)3)29(47-9)21-30(43)42-19-13-16-28(42)34(48-10)25(5)35(45)39-18-17-26-14-12-15-27(20-26)37-6/h12,14-15,20,23-25,28-29,32-34,37-38H,11,13,16-19,21-22H2,1-10H3,(H,39,45)(H,40,46). The van der Waals surface area contributed by atoms with Gasteiger partial charge < -0.3 is 40.5 Å². The van der Waals surface area contributed by atoms with E-state index < -0.39 is 30.2 Å². The molecular weight excluding hydrogens is 612 g/mol. The van der Waals surface area contributed by atoms with E-state index in [2.05, 4.69) is 27.3 Å². The third-order valence-electron chi connectivity index (χ3n) is 9.91. The van der Waals surface area contributed by atoms with Crippen LogP contribution in [-0.2, 0) is 35.1 Å². The molecule has 1 aromatic rings. The van der Waals surface area contributed by atoms with Gasteiger partial charge in [0, 0.05) is 47.1 Å². The molecule has 7 unspecified atom stereocenters. The molecule has 4 amide bonds. The van der Waals surface area contributed by atoms with E-state index in [1.165, 1.54) is 0 Å². The van der Waals surface area contributed by atoms with Gasteiger partial charge in [0.1, 0.15) is 0 Å². The molecule has 0 radical (unpaired) electrons. The Bertz CT molecular complexity index is 1180. The smallest absolute Gasteiger partial charge is 0.242 e. The van der Waals surface area contributed by atoms with Gasteiger partial charge in [0.2, 0.25) is 23.6 Å². The highest BCUT2D eigenvalue weighted by atomic mass is 16.5. The van der Waals surface area contributed by atoms with Gasteiger partial charge in [0.15, 0.2) is 0 Å². The van der Waals surface area contributed by atoms with Gasteiger partial charge in [-0.05, 0) is 55.8 Å². The quantitative estimate of drug-likeness (QED) is 0.166. The number of carbonyl (C=O) groups excluding carboxylic acids is 4. The molecule has 272 valence electrons. The normalized spacial score (nSPS) is 18.4. The lowest BCUT2D eigenvalue weighted by Crippen LogP contribution is -2.55. The van der Waals surface area contributed by atoms with Crippen LogP contribution in [0.25, 0.3) is 0 Å². The number of rotatable bonds is 20. The molecule has 0 aromatic heterocycles. The summed E-state index contributed by atoms with van der Waals surface area (Å²) in [6.07, 6.45) is 2.03. The summed E-state index contributed by atoms with van der Waals surface area (Å²) in [7, 11) is 8.46. The second kappa shape index (κ2) is 20.3. The molecule has 0 bridgehead atoms. The summed E-state index contributed by atoms with van der Waals surface area (Å²) in [6.45, 7) is 10.7. The third-order valence-corrected chi connectivity index (χ3v) is 9.91. The number of hydrogen-bond acceptors (Lipinski definition) is 8. The van der Waals surface area contributed by atoms with Crippen LogP contribution in [0.5, 0.6) is 0 Å². The molecule has 2 rings (SSSR count). The number of likely N-dealkylation sites (N-methyl/N-ethyl adjacent to an activating group) is 2. The predicted molar refractivity (Wildman–Crippen MR) is 190 cm³/mol. The SMILES string of the molecule is CCC(C)C(C(CC(=O)N1CCCC1C(OC)C(C)C(=O)NCCc1cccc(NC)c1)OC)N(C)C(=O)CNC(=O)C(NC)C(C)C. The lowest BCUT2D eigenvalue weighted by Gasteiger charge is -2.39. The van der Waals surface area contributed by atoms with Gasteiger partial charge in [-0.25, -0.2) is 0 Å². The number of nitrogens with zero attached hydrogens (tertiary/aromatic N) is 2. The first kappa shape index (κ1) is 41.0. The number of methoxy groups -OCH3 is 2. The van der Waals surface area contributed by atoms with E-state index in [1.807, 2.05) is 64.8 Å². The van der Waals surface area contributed by atoms with Crippen LogP contribution in [0.1, 0.15) is 65.9 Å². The monoisotopic (exact) mass is 674 g/mol. The molecule has 0 aliphatic carbocycles. The van der Waals surface area contributed by atoms with Gasteiger partial charge in [-0.15, -0.1) is 0 Å². The number of nitrogens with one attached hydrogen (secondary N) is 4. The lowest BCUT2D eigenvalue weighted by molar-refractivity contribution is -0.145. The van der Waals surface area contributed by atoms with Crippen molar-refractivity contribution < 1.29 is 28.7 Å². The fourth-order valence-electron chi connectivity index (χ4n) is 6.86. The van der Waals surface area contributed by atoms with Crippen LogP contribution in [-0.4, -0.2) is 119 Å². The number of carbonyl (C=O) groups is 4. The van der Waals surface area contributed by atoms with Crippen LogP contribution in [0.15, 0.2) is 24.3 Å². The number of amides is 4.